The van der Waals surface area contributed by atoms with Gasteiger partial charge in [0, 0.05) is 13.7 Å². The average Bonchev–Trinajstić information content (AvgIpc) is 2.68. The van der Waals surface area contributed by atoms with E-state index >= 15 is 0 Å². The van der Waals surface area contributed by atoms with E-state index in [1.165, 1.54) is 12.1 Å². The molecule has 2 aromatic rings. The van der Waals surface area contributed by atoms with Crippen molar-refractivity contribution in [1.29, 1.82) is 0 Å². The number of methoxy groups -OCH3 is 1. The molecule has 0 fully saturated rings. The molecule has 0 aromatic heterocycles. The van der Waals surface area contributed by atoms with E-state index in [9.17, 15) is 9.59 Å². The van der Waals surface area contributed by atoms with Crippen LogP contribution in [0, 0.1) is 0 Å². The van der Waals surface area contributed by atoms with Gasteiger partial charge in [-0.15, -0.1) is 0 Å². The second-order valence-corrected chi connectivity index (χ2v) is 5.10. The zero-order valence-electron chi connectivity index (χ0n) is 15.0. The van der Waals surface area contributed by atoms with E-state index in [1.807, 2.05) is 37.3 Å². The number of aromatic carboxylic acids is 1. The topological polar surface area (TPSA) is 82.1 Å². The lowest BCUT2D eigenvalue weighted by molar-refractivity contribution is 0.0463. The van der Waals surface area contributed by atoms with E-state index in [0.29, 0.717) is 13.2 Å². The van der Waals surface area contributed by atoms with Crippen LogP contribution < -0.4 is 0 Å². The van der Waals surface area contributed by atoms with E-state index in [0.717, 1.165) is 12.2 Å². The Morgan fingerprint density at radius 1 is 0.923 bits per heavy atom. The highest BCUT2D eigenvalue weighted by atomic mass is 16.5. The van der Waals surface area contributed by atoms with Gasteiger partial charge < -0.3 is 19.3 Å². The molecule has 2 rings (SSSR count). The van der Waals surface area contributed by atoms with Crippen LogP contribution in [-0.2, 0) is 20.8 Å². The quantitative estimate of drug-likeness (QED) is 0.574. The Morgan fingerprint density at radius 3 is 2.12 bits per heavy atom. The van der Waals surface area contributed by atoms with E-state index in [-0.39, 0.29) is 17.7 Å². The van der Waals surface area contributed by atoms with E-state index in [2.05, 4.69) is 0 Å². The Balaban J connectivity index is 0.000000412. The van der Waals surface area contributed by atoms with Gasteiger partial charge in [0.05, 0.1) is 24.3 Å². The molecule has 0 atom stereocenters. The molecule has 26 heavy (non-hydrogen) atoms. The number of benzene rings is 2. The number of carboxylic acids is 1. The molecule has 0 aliphatic carbocycles. The van der Waals surface area contributed by atoms with Gasteiger partial charge in [0.25, 0.3) is 0 Å². The van der Waals surface area contributed by atoms with Crippen molar-refractivity contribution in [2.24, 2.45) is 0 Å². The molecule has 0 radical (unpaired) electrons. The van der Waals surface area contributed by atoms with Crippen LogP contribution >= 0.6 is 0 Å². The largest absolute Gasteiger partial charge is 0.478 e. The first kappa shape index (κ1) is 21.3. The van der Waals surface area contributed by atoms with Gasteiger partial charge in [0.2, 0.25) is 0 Å². The maximum atomic E-state index is 11.9. The molecule has 0 aliphatic heterocycles. The van der Waals surface area contributed by atoms with Crippen LogP contribution in [0.25, 0.3) is 0 Å². The van der Waals surface area contributed by atoms with Crippen LogP contribution in [-0.4, -0.2) is 44.0 Å². The Labute approximate surface area is 153 Å². The number of ether oxygens (including phenoxy) is 3. The standard InChI is InChI=1S/C15H12O4.C5H12O2/c16-14(17)12-8-4-5-9-13(12)15(18)19-10-11-6-2-1-3-7-11;1-3-7-5-4-6-2/h1-9H,10H2,(H,16,17);3-5H2,1-2H3. The number of esters is 1. The molecule has 0 spiro atoms. The molecular formula is C20H24O6. The van der Waals surface area contributed by atoms with E-state index < -0.39 is 11.9 Å². The molecule has 0 amide bonds. The number of hydrogen-bond donors (Lipinski definition) is 1. The number of rotatable bonds is 8. The normalized spacial score (nSPS) is 9.77. The van der Waals surface area contributed by atoms with Crippen molar-refractivity contribution < 1.29 is 28.9 Å². The number of carbonyl (C=O) groups excluding carboxylic acids is 1. The highest BCUT2D eigenvalue weighted by Gasteiger charge is 2.16. The predicted molar refractivity (Wildman–Crippen MR) is 97.3 cm³/mol. The summed E-state index contributed by atoms with van der Waals surface area (Å²) >= 11 is 0. The average molecular weight is 360 g/mol. The van der Waals surface area contributed by atoms with Crippen molar-refractivity contribution in [3.8, 4) is 0 Å². The smallest absolute Gasteiger partial charge is 0.339 e. The molecular weight excluding hydrogens is 336 g/mol. The van der Waals surface area contributed by atoms with Crippen molar-refractivity contribution in [2.45, 2.75) is 13.5 Å². The van der Waals surface area contributed by atoms with E-state index in [4.69, 9.17) is 19.3 Å². The highest BCUT2D eigenvalue weighted by Crippen LogP contribution is 2.11. The molecule has 0 saturated carbocycles. The summed E-state index contributed by atoms with van der Waals surface area (Å²) in [6.45, 7) is 4.29. The molecule has 0 heterocycles. The molecule has 0 unspecified atom stereocenters. The van der Waals surface area contributed by atoms with Gasteiger partial charge in [-0.25, -0.2) is 9.59 Å². The van der Waals surface area contributed by atoms with Gasteiger partial charge in [0.15, 0.2) is 0 Å². The summed E-state index contributed by atoms with van der Waals surface area (Å²) in [5.41, 5.74) is 0.857. The van der Waals surface area contributed by atoms with Gasteiger partial charge in [-0.3, -0.25) is 0 Å². The molecule has 6 nitrogen and oxygen atoms in total. The predicted octanol–water partition coefficient (Wildman–Crippen LogP) is 3.41. The lowest BCUT2D eigenvalue weighted by Crippen LogP contribution is -2.11. The summed E-state index contributed by atoms with van der Waals surface area (Å²) in [5, 5.41) is 8.99. The Bertz CT molecular complexity index is 665. The summed E-state index contributed by atoms with van der Waals surface area (Å²) < 4.78 is 14.8. The Hall–Kier alpha value is -2.70. The maximum Gasteiger partial charge on any atom is 0.339 e. The fourth-order valence-electron chi connectivity index (χ4n) is 1.94. The number of carboxylic acid groups (broad SMARTS) is 1. The fraction of sp³-hybridized carbons (Fsp3) is 0.300. The zero-order valence-corrected chi connectivity index (χ0v) is 15.0. The minimum Gasteiger partial charge on any atom is -0.478 e. The minimum atomic E-state index is -1.15. The third kappa shape index (κ3) is 7.92. The number of carbonyl (C=O) groups is 2. The van der Waals surface area contributed by atoms with Gasteiger partial charge in [0.1, 0.15) is 6.61 Å². The van der Waals surface area contributed by atoms with Gasteiger partial charge in [-0.2, -0.15) is 0 Å². The lowest BCUT2D eigenvalue weighted by atomic mass is 10.1. The lowest BCUT2D eigenvalue weighted by Gasteiger charge is -2.07. The summed E-state index contributed by atoms with van der Waals surface area (Å²) in [4.78, 5) is 22.9. The van der Waals surface area contributed by atoms with Crippen LogP contribution in [0.2, 0.25) is 0 Å². The Kier molecular flexibility index (Phi) is 10.4. The molecule has 0 aliphatic rings. The maximum absolute atomic E-state index is 11.9. The SMILES string of the molecule is CCOCCOC.O=C(O)c1ccccc1C(=O)OCc1ccccc1. The van der Waals surface area contributed by atoms with Crippen molar-refractivity contribution in [1.82, 2.24) is 0 Å². The first-order chi connectivity index (χ1) is 12.6. The third-order valence-corrected chi connectivity index (χ3v) is 3.23. The molecule has 2 aromatic carbocycles. The third-order valence-electron chi connectivity index (χ3n) is 3.23. The second kappa shape index (κ2) is 12.6. The summed E-state index contributed by atoms with van der Waals surface area (Å²) in [6, 6.07) is 15.2. The highest BCUT2D eigenvalue weighted by molar-refractivity contribution is 6.02. The second-order valence-electron chi connectivity index (χ2n) is 5.10. The number of hydrogen-bond acceptors (Lipinski definition) is 5. The van der Waals surface area contributed by atoms with Crippen LogP contribution in [0.3, 0.4) is 0 Å². The zero-order chi connectivity index (χ0) is 19.2. The van der Waals surface area contributed by atoms with Crippen molar-refractivity contribution in [3.05, 3.63) is 71.3 Å². The summed E-state index contributed by atoms with van der Waals surface area (Å²) in [7, 11) is 1.67. The van der Waals surface area contributed by atoms with Gasteiger partial charge >= 0.3 is 11.9 Å². The van der Waals surface area contributed by atoms with Crippen molar-refractivity contribution >= 4 is 11.9 Å². The molecule has 0 saturated heterocycles. The Morgan fingerprint density at radius 2 is 1.54 bits per heavy atom. The summed E-state index contributed by atoms with van der Waals surface area (Å²) in [6.07, 6.45) is 0. The van der Waals surface area contributed by atoms with Crippen LogP contribution in [0.5, 0.6) is 0 Å². The van der Waals surface area contributed by atoms with Crippen molar-refractivity contribution in [3.63, 3.8) is 0 Å². The summed E-state index contributed by atoms with van der Waals surface area (Å²) in [5.74, 6) is -1.78. The molecule has 140 valence electrons. The van der Waals surface area contributed by atoms with Gasteiger partial charge in [-0.1, -0.05) is 42.5 Å². The first-order valence-corrected chi connectivity index (χ1v) is 8.20. The molecule has 6 heteroatoms. The van der Waals surface area contributed by atoms with E-state index in [1.54, 1.807) is 19.2 Å². The van der Waals surface area contributed by atoms with Crippen molar-refractivity contribution in [2.75, 3.05) is 26.9 Å². The monoisotopic (exact) mass is 360 g/mol. The molecule has 0 bridgehead atoms. The minimum absolute atomic E-state index is 0.0550. The van der Waals surface area contributed by atoms with Gasteiger partial charge in [-0.05, 0) is 24.6 Å². The fourth-order valence-corrected chi connectivity index (χ4v) is 1.94. The van der Waals surface area contributed by atoms with Crippen LogP contribution in [0.15, 0.2) is 54.6 Å². The molecule has 1 N–H and O–H groups in total. The van der Waals surface area contributed by atoms with Crippen LogP contribution in [0.4, 0.5) is 0 Å². The first-order valence-electron chi connectivity index (χ1n) is 8.20. The van der Waals surface area contributed by atoms with Crippen LogP contribution in [0.1, 0.15) is 33.2 Å².